The molecule has 0 saturated heterocycles. The van der Waals surface area contributed by atoms with Gasteiger partial charge in [0.2, 0.25) is 0 Å². The highest BCUT2D eigenvalue weighted by molar-refractivity contribution is 7.13. The van der Waals surface area contributed by atoms with Crippen LogP contribution in [0.4, 0.5) is 0 Å². The van der Waals surface area contributed by atoms with E-state index in [-0.39, 0.29) is 25.2 Å². The van der Waals surface area contributed by atoms with E-state index in [0.29, 0.717) is 26.4 Å². The summed E-state index contributed by atoms with van der Waals surface area (Å²) in [6.45, 7) is 1.70. The molecule has 1 aliphatic carbocycles. The van der Waals surface area contributed by atoms with Crippen LogP contribution in [-0.2, 0) is 16.1 Å². The number of amides is 1. The molecule has 3 rings (SSSR count). The summed E-state index contributed by atoms with van der Waals surface area (Å²) in [5.41, 5.74) is 0.566. The first-order valence-corrected chi connectivity index (χ1v) is 10.0. The lowest BCUT2D eigenvalue weighted by Gasteiger charge is -2.11. The number of aryl methyl sites for hydroxylation is 1. The van der Waals surface area contributed by atoms with Crippen molar-refractivity contribution in [2.24, 2.45) is 0 Å². The summed E-state index contributed by atoms with van der Waals surface area (Å²) in [5, 5.41) is 4.18. The second kappa shape index (κ2) is 9.19. The Morgan fingerprint density at radius 2 is 1.96 bits per heavy atom. The number of rotatable bonds is 7. The number of hydrogen-bond acceptors (Lipinski definition) is 6. The van der Waals surface area contributed by atoms with E-state index in [4.69, 9.17) is 21.1 Å². The fraction of sp³-hybridized carbons (Fsp3) is 0.421. The predicted octanol–water partition coefficient (Wildman–Crippen LogP) is 3.90. The van der Waals surface area contributed by atoms with E-state index in [2.05, 4.69) is 10.3 Å². The normalized spacial score (nSPS) is 14.1. The molecule has 0 atom stereocenters. The number of carbonyl (C=O) groups excluding carboxylic acids is 2. The maximum absolute atomic E-state index is 12.2. The van der Waals surface area contributed by atoms with E-state index >= 15 is 0 Å². The Hall–Kier alpha value is -2.12. The second-order valence-corrected chi connectivity index (χ2v) is 7.91. The maximum atomic E-state index is 12.2. The van der Waals surface area contributed by atoms with E-state index < -0.39 is 5.97 Å². The van der Waals surface area contributed by atoms with Gasteiger partial charge in [-0.05, 0) is 44.0 Å². The minimum Gasteiger partial charge on any atom is -0.486 e. The summed E-state index contributed by atoms with van der Waals surface area (Å²) >= 11 is 7.05. The van der Waals surface area contributed by atoms with Crippen molar-refractivity contribution in [2.45, 2.75) is 45.3 Å². The minimum absolute atomic E-state index is 0.206. The number of thiazole rings is 1. The van der Waals surface area contributed by atoms with Crippen LogP contribution >= 0.6 is 22.9 Å². The van der Waals surface area contributed by atoms with Crippen LogP contribution in [0.3, 0.4) is 0 Å². The molecule has 6 nitrogen and oxygen atoms in total. The van der Waals surface area contributed by atoms with E-state index in [1.807, 2.05) is 0 Å². The molecule has 1 aliphatic rings. The number of benzene rings is 1. The Morgan fingerprint density at radius 3 is 2.67 bits per heavy atom. The molecule has 27 heavy (non-hydrogen) atoms. The zero-order valence-electron chi connectivity index (χ0n) is 15.0. The van der Waals surface area contributed by atoms with Gasteiger partial charge in [-0.25, -0.2) is 9.78 Å². The first-order chi connectivity index (χ1) is 13.0. The molecular weight excluding hydrogens is 388 g/mol. The number of aromatic nitrogens is 1. The van der Waals surface area contributed by atoms with Crippen LogP contribution in [0.1, 0.15) is 46.1 Å². The largest absolute Gasteiger partial charge is 0.486 e. The lowest BCUT2D eigenvalue weighted by Crippen LogP contribution is -2.35. The molecule has 1 aromatic carbocycles. The number of halogens is 1. The van der Waals surface area contributed by atoms with Crippen molar-refractivity contribution in [3.8, 4) is 5.75 Å². The zero-order valence-corrected chi connectivity index (χ0v) is 16.6. The van der Waals surface area contributed by atoms with Crippen molar-refractivity contribution in [2.75, 3.05) is 6.61 Å². The van der Waals surface area contributed by atoms with Gasteiger partial charge in [-0.2, -0.15) is 0 Å². The third-order valence-electron chi connectivity index (χ3n) is 4.26. The fourth-order valence-corrected chi connectivity index (χ4v) is 3.91. The molecule has 144 valence electrons. The highest BCUT2D eigenvalue weighted by Crippen LogP contribution is 2.22. The Labute approximate surface area is 166 Å². The van der Waals surface area contributed by atoms with Crippen LogP contribution in [0, 0.1) is 6.92 Å². The summed E-state index contributed by atoms with van der Waals surface area (Å²) < 4.78 is 10.8. The third kappa shape index (κ3) is 5.68. The van der Waals surface area contributed by atoms with Gasteiger partial charge in [-0.1, -0.05) is 24.4 Å². The number of nitrogens with zero attached hydrogens (tertiary/aromatic N) is 1. The summed E-state index contributed by atoms with van der Waals surface area (Å²) in [5.74, 6) is -0.131. The Morgan fingerprint density at radius 1 is 1.26 bits per heavy atom. The molecule has 0 radical (unpaired) electrons. The van der Waals surface area contributed by atoms with Crippen molar-refractivity contribution >= 4 is 34.8 Å². The van der Waals surface area contributed by atoms with E-state index in [1.165, 1.54) is 11.3 Å². The average molecular weight is 409 g/mol. The molecule has 1 aromatic heterocycles. The summed E-state index contributed by atoms with van der Waals surface area (Å²) in [4.78, 5) is 28.9. The molecule has 0 bridgehead atoms. The second-order valence-electron chi connectivity index (χ2n) is 6.39. The monoisotopic (exact) mass is 408 g/mol. The van der Waals surface area contributed by atoms with Gasteiger partial charge in [0.1, 0.15) is 22.2 Å². The van der Waals surface area contributed by atoms with Gasteiger partial charge in [-0.15, -0.1) is 11.3 Å². The number of nitrogens with one attached hydrogen (secondary N) is 1. The van der Waals surface area contributed by atoms with Crippen molar-refractivity contribution in [1.82, 2.24) is 10.3 Å². The molecule has 0 aliphatic heterocycles. The van der Waals surface area contributed by atoms with E-state index in [9.17, 15) is 9.59 Å². The molecule has 0 spiro atoms. The van der Waals surface area contributed by atoms with E-state index in [0.717, 1.165) is 25.7 Å². The van der Waals surface area contributed by atoms with Gasteiger partial charge >= 0.3 is 5.97 Å². The third-order valence-corrected chi connectivity index (χ3v) is 5.62. The van der Waals surface area contributed by atoms with Crippen LogP contribution in [0.2, 0.25) is 5.02 Å². The van der Waals surface area contributed by atoms with Gasteiger partial charge < -0.3 is 14.8 Å². The average Bonchev–Trinajstić information content (AvgIpc) is 3.29. The zero-order chi connectivity index (χ0) is 19.2. The molecule has 8 heteroatoms. The molecule has 1 N–H and O–H groups in total. The Balaban J connectivity index is 1.49. The van der Waals surface area contributed by atoms with Crippen LogP contribution in [0.5, 0.6) is 5.75 Å². The minimum atomic E-state index is -0.538. The lowest BCUT2D eigenvalue weighted by atomic mass is 10.2. The van der Waals surface area contributed by atoms with Gasteiger partial charge in [0.25, 0.3) is 5.91 Å². The first-order valence-electron chi connectivity index (χ1n) is 8.82. The SMILES string of the molecule is Cc1nc(COc2ccc(Cl)cc2)sc1C(=O)OCC(=O)NC1CCCC1. The topological polar surface area (TPSA) is 77.5 Å². The molecule has 1 heterocycles. The summed E-state index contributed by atoms with van der Waals surface area (Å²) in [7, 11) is 0. The summed E-state index contributed by atoms with van der Waals surface area (Å²) in [6.07, 6.45) is 4.24. The van der Waals surface area contributed by atoms with E-state index in [1.54, 1.807) is 31.2 Å². The van der Waals surface area contributed by atoms with Gasteiger partial charge in [0.15, 0.2) is 6.61 Å². The molecule has 1 amide bonds. The van der Waals surface area contributed by atoms with Crippen molar-refractivity contribution in [3.05, 3.63) is 44.9 Å². The van der Waals surface area contributed by atoms with Gasteiger partial charge in [-0.3, -0.25) is 4.79 Å². The smallest absolute Gasteiger partial charge is 0.350 e. The first kappa shape index (κ1) is 19.6. The van der Waals surface area contributed by atoms with Crippen LogP contribution in [0.25, 0.3) is 0 Å². The standard InChI is InChI=1S/C19H21ClN2O4S/c1-12-18(19(24)26-10-16(23)22-14-4-2-3-5-14)27-17(21-12)11-25-15-8-6-13(20)7-9-15/h6-9,14H,2-5,10-11H2,1H3,(H,22,23). The number of hydrogen-bond donors (Lipinski definition) is 1. The molecule has 2 aromatic rings. The lowest BCUT2D eigenvalue weighted by molar-refractivity contribution is -0.124. The van der Waals surface area contributed by atoms with Crippen molar-refractivity contribution in [1.29, 1.82) is 0 Å². The van der Waals surface area contributed by atoms with Gasteiger partial charge in [0, 0.05) is 11.1 Å². The Kier molecular flexibility index (Phi) is 6.68. The molecule has 1 fully saturated rings. The quantitative estimate of drug-likeness (QED) is 0.703. The highest BCUT2D eigenvalue weighted by Gasteiger charge is 2.20. The van der Waals surface area contributed by atoms with Crippen LogP contribution < -0.4 is 10.1 Å². The van der Waals surface area contributed by atoms with Crippen LogP contribution in [-0.4, -0.2) is 29.5 Å². The fourth-order valence-electron chi connectivity index (χ4n) is 2.92. The van der Waals surface area contributed by atoms with Crippen LogP contribution in [0.15, 0.2) is 24.3 Å². The number of carbonyl (C=O) groups is 2. The number of esters is 1. The van der Waals surface area contributed by atoms with Gasteiger partial charge in [0.05, 0.1) is 5.69 Å². The van der Waals surface area contributed by atoms with Crippen molar-refractivity contribution < 1.29 is 19.1 Å². The predicted molar refractivity (Wildman–Crippen MR) is 103 cm³/mol. The molecule has 1 saturated carbocycles. The summed E-state index contributed by atoms with van der Waals surface area (Å²) in [6, 6.07) is 7.22. The molecular formula is C19H21ClN2O4S. The Bertz CT molecular complexity index is 801. The maximum Gasteiger partial charge on any atom is 0.350 e. The van der Waals surface area contributed by atoms with Crippen molar-refractivity contribution in [3.63, 3.8) is 0 Å². The highest BCUT2D eigenvalue weighted by atomic mass is 35.5. The molecule has 0 unspecified atom stereocenters. The number of ether oxygens (including phenoxy) is 2.